The summed E-state index contributed by atoms with van der Waals surface area (Å²) in [4.78, 5) is 0.148. The fourth-order valence-corrected chi connectivity index (χ4v) is 3.86. The van der Waals surface area contributed by atoms with Gasteiger partial charge in [0.15, 0.2) is 0 Å². The lowest BCUT2D eigenvalue weighted by molar-refractivity contribution is 0.0601. The molecule has 0 fully saturated rings. The van der Waals surface area contributed by atoms with E-state index < -0.39 is 15.6 Å². The highest BCUT2D eigenvalue weighted by atomic mass is 79.9. The Balaban J connectivity index is 3.17. The summed E-state index contributed by atoms with van der Waals surface area (Å²) < 4.78 is 26.7. The van der Waals surface area contributed by atoms with Crippen LogP contribution in [0, 0.1) is 0 Å². The minimum atomic E-state index is -3.64. The molecule has 0 radical (unpaired) electrons. The zero-order chi connectivity index (χ0) is 14.8. The van der Waals surface area contributed by atoms with Crippen molar-refractivity contribution in [1.29, 1.82) is 0 Å². The van der Waals surface area contributed by atoms with Crippen molar-refractivity contribution in [3.63, 3.8) is 0 Å². The Labute approximate surface area is 127 Å². The molecule has 1 aromatic carbocycles. The third-order valence-electron chi connectivity index (χ3n) is 2.44. The molecular weight excluding hydrogens is 354 g/mol. The van der Waals surface area contributed by atoms with Crippen LogP contribution in [0.2, 0.25) is 5.02 Å². The van der Waals surface area contributed by atoms with Crippen molar-refractivity contribution in [2.45, 2.75) is 31.3 Å². The van der Waals surface area contributed by atoms with Gasteiger partial charge in [0.25, 0.3) is 0 Å². The molecular formula is C12H17BrClNO3S. The summed E-state index contributed by atoms with van der Waals surface area (Å²) >= 11 is 9.06. The first-order valence-corrected chi connectivity index (χ1v) is 8.36. The molecule has 19 heavy (non-hydrogen) atoms. The summed E-state index contributed by atoms with van der Waals surface area (Å²) in [5, 5.41) is 10.2. The topological polar surface area (TPSA) is 57.6 Å². The van der Waals surface area contributed by atoms with E-state index in [-0.39, 0.29) is 18.0 Å². The van der Waals surface area contributed by atoms with E-state index in [0.29, 0.717) is 9.50 Å². The quantitative estimate of drug-likeness (QED) is 0.867. The molecule has 108 valence electrons. The monoisotopic (exact) mass is 369 g/mol. The Morgan fingerprint density at radius 1 is 1.42 bits per heavy atom. The van der Waals surface area contributed by atoms with Crippen molar-refractivity contribution < 1.29 is 13.5 Å². The van der Waals surface area contributed by atoms with Crippen molar-refractivity contribution >= 4 is 37.6 Å². The van der Waals surface area contributed by atoms with Gasteiger partial charge in [0, 0.05) is 17.6 Å². The van der Waals surface area contributed by atoms with Crippen LogP contribution in [0.25, 0.3) is 0 Å². The summed E-state index contributed by atoms with van der Waals surface area (Å²) in [5.41, 5.74) is -1.09. The molecule has 0 atom stereocenters. The largest absolute Gasteiger partial charge is 0.389 e. The number of benzene rings is 1. The highest BCUT2D eigenvalue weighted by molar-refractivity contribution is 9.10. The third-order valence-corrected chi connectivity index (χ3v) is 5.58. The van der Waals surface area contributed by atoms with E-state index in [1.807, 2.05) is 0 Å². The van der Waals surface area contributed by atoms with Gasteiger partial charge in [-0.05, 0) is 48.0 Å². The average molecular weight is 371 g/mol. The average Bonchev–Trinajstić information content (AvgIpc) is 2.28. The lowest BCUT2D eigenvalue weighted by Crippen LogP contribution is -2.42. The van der Waals surface area contributed by atoms with Crippen molar-refractivity contribution in [3.05, 3.63) is 27.7 Å². The van der Waals surface area contributed by atoms with Gasteiger partial charge in [-0.1, -0.05) is 18.5 Å². The second-order valence-electron chi connectivity index (χ2n) is 4.82. The number of aliphatic hydroxyl groups is 1. The van der Waals surface area contributed by atoms with E-state index in [0.717, 1.165) is 0 Å². The molecule has 1 aromatic rings. The maximum Gasteiger partial charge on any atom is 0.243 e. The molecule has 0 aliphatic heterocycles. The van der Waals surface area contributed by atoms with Crippen LogP contribution in [0.3, 0.4) is 0 Å². The highest BCUT2D eigenvalue weighted by Crippen LogP contribution is 2.27. The summed E-state index contributed by atoms with van der Waals surface area (Å²) in [6.07, 6.45) is 0. The first-order chi connectivity index (χ1) is 8.58. The van der Waals surface area contributed by atoms with Crippen LogP contribution in [0.15, 0.2) is 27.6 Å². The molecule has 0 aliphatic carbocycles. The fourth-order valence-electron chi connectivity index (χ4n) is 1.58. The van der Waals surface area contributed by atoms with Crippen molar-refractivity contribution in [3.8, 4) is 0 Å². The van der Waals surface area contributed by atoms with E-state index in [2.05, 4.69) is 15.9 Å². The van der Waals surface area contributed by atoms with Gasteiger partial charge < -0.3 is 5.11 Å². The molecule has 0 saturated carbocycles. The van der Waals surface area contributed by atoms with Crippen LogP contribution in [0.5, 0.6) is 0 Å². The van der Waals surface area contributed by atoms with Crippen molar-refractivity contribution in [2.24, 2.45) is 0 Å². The van der Waals surface area contributed by atoms with Gasteiger partial charge in [-0.2, -0.15) is 4.31 Å². The maximum atomic E-state index is 12.5. The number of sulfonamides is 1. The van der Waals surface area contributed by atoms with Gasteiger partial charge in [-0.25, -0.2) is 8.42 Å². The number of hydrogen-bond acceptors (Lipinski definition) is 3. The number of rotatable bonds is 5. The summed E-state index contributed by atoms with van der Waals surface area (Å²) in [5.74, 6) is 0. The molecule has 7 heteroatoms. The van der Waals surface area contributed by atoms with Gasteiger partial charge in [0.05, 0.1) is 15.5 Å². The molecule has 0 aromatic heterocycles. The molecule has 0 saturated heterocycles. The van der Waals surface area contributed by atoms with E-state index in [1.165, 1.54) is 22.5 Å². The van der Waals surface area contributed by atoms with E-state index >= 15 is 0 Å². The summed E-state index contributed by atoms with van der Waals surface area (Å²) in [6.45, 7) is 5.19. The highest BCUT2D eigenvalue weighted by Gasteiger charge is 2.28. The Morgan fingerprint density at radius 3 is 2.42 bits per heavy atom. The number of halogens is 2. The van der Waals surface area contributed by atoms with Gasteiger partial charge in [0.2, 0.25) is 10.0 Å². The molecule has 1 N–H and O–H groups in total. The van der Waals surface area contributed by atoms with E-state index in [4.69, 9.17) is 11.6 Å². The van der Waals surface area contributed by atoms with Crippen LogP contribution >= 0.6 is 27.5 Å². The first kappa shape index (κ1) is 16.9. The van der Waals surface area contributed by atoms with Crippen LogP contribution in [-0.2, 0) is 10.0 Å². The molecule has 0 amide bonds. The minimum absolute atomic E-state index is 0.0338. The predicted octanol–water partition coefficient (Wildman–Crippen LogP) is 2.88. The van der Waals surface area contributed by atoms with E-state index in [1.54, 1.807) is 20.8 Å². The predicted molar refractivity (Wildman–Crippen MR) is 79.9 cm³/mol. The zero-order valence-electron chi connectivity index (χ0n) is 11.0. The molecule has 4 nitrogen and oxygen atoms in total. The number of nitrogens with zero attached hydrogens (tertiary/aromatic N) is 1. The van der Waals surface area contributed by atoms with Crippen molar-refractivity contribution in [1.82, 2.24) is 4.31 Å². The molecule has 0 spiro atoms. The van der Waals surface area contributed by atoms with Crippen LogP contribution in [-0.4, -0.2) is 36.5 Å². The van der Waals surface area contributed by atoms with Crippen LogP contribution in [0.4, 0.5) is 0 Å². The molecule has 0 unspecified atom stereocenters. The fraction of sp³-hybridized carbons (Fsp3) is 0.500. The second kappa shape index (κ2) is 6.10. The minimum Gasteiger partial charge on any atom is -0.389 e. The summed E-state index contributed by atoms with van der Waals surface area (Å²) in [7, 11) is -3.64. The standard InChI is InChI=1S/C12H17BrClNO3S/c1-4-15(8-12(2,3)16)19(17,18)9-5-6-11(14)10(13)7-9/h5-7,16H,4,8H2,1-3H3. The Morgan fingerprint density at radius 2 is 2.00 bits per heavy atom. The lowest BCUT2D eigenvalue weighted by atomic mass is 10.1. The first-order valence-electron chi connectivity index (χ1n) is 5.75. The van der Waals surface area contributed by atoms with Crippen LogP contribution < -0.4 is 0 Å². The van der Waals surface area contributed by atoms with Crippen molar-refractivity contribution in [2.75, 3.05) is 13.1 Å². The van der Waals surface area contributed by atoms with Gasteiger partial charge in [0.1, 0.15) is 0 Å². The van der Waals surface area contributed by atoms with Gasteiger partial charge in [-0.15, -0.1) is 0 Å². The maximum absolute atomic E-state index is 12.5. The summed E-state index contributed by atoms with van der Waals surface area (Å²) in [6, 6.07) is 4.44. The smallest absolute Gasteiger partial charge is 0.243 e. The zero-order valence-corrected chi connectivity index (χ0v) is 14.2. The molecule has 1 rings (SSSR count). The van der Waals surface area contributed by atoms with Gasteiger partial charge in [-0.3, -0.25) is 0 Å². The van der Waals surface area contributed by atoms with Gasteiger partial charge >= 0.3 is 0 Å². The molecule has 0 aliphatic rings. The Kier molecular flexibility index (Phi) is 5.43. The number of hydrogen-bond donors (Lipinski definition) is 1. The Hall–Kier alpha value is -0.140. The second-order valence-corrected chi connectivity index (χ2v) is 8.02. The third kappa shape index (κ3) is 4.43. The Bertz CT molecular complexity index is 555. The normalized spacial score (nSPS) is 13.0. The SMILES string of the molecule is CCN(CC(C)(C)O)S(=O)(=O)c1ccc(Cl)c(Br)c1. The number of likely N-dealkylation sites (N-methyl/N-ethyl adjacent to an activating group) is 1. The van der Waals surface area contributed by atoms with Crippen LogP contribution in [0.1, 0.15) is 20.8 Å². The molecule has 0 heterocycles. The van der Waals surface area contributed by atoms with E-state index in [9.17, 15) is 13.5 Å². The molecule has 0 bridgehead atoms. The lowest BCUT2D eigenvalue weighted by Gasteiger charge is -2.27.